The molecule has 0 saturated carbocycles. The number of nitrogens with two attached hydrogens (primary N) is 1. The Morgan fingerprint density at radius 2 is 2.42 bits per heavy atom. The summed E-state index contributed by atoms with van der Waals surface area (Å²) in [6.07, 6.45) is 1.89. The maximum absolute atomic E-state index is 5.42. The average molecular weight is 205 g/mol. The second kappa shape index (κ2) is 3.38. The summed E-state index contributed by atoms with van der Waals surface area (Å²) >= 11 is 1.53. The van der Waals surface area contributed by atoms with Crippen LogP contribution in [0, 0.1) is 6.92 Å². The molecule has 0 aromatic carbocycles. The van der Waals surface area contributed by atoms with Crippen LogP contribution in [-0.2, 0) is 6.54 Å². The molecule has 0 unspecified atom stereocenters. The third-order valence-electron chi connectivity index (χ3n) is 1.38. The Labute approximate surface area is 79.8 Å². The van der Waals surface area contributed by atoms with Crippen molar-refractivity contribution in [3.8, 4) is 0 Å². The van der Waals surface area contributed by atoms with E-state index < -0.39 is 0 Å². The van der Waals surface area contributed by atoms with Gasteiger partial charge in [-0.2, -0.15) is 5.10 Å². The van der Waals surface area contributed by atoms with Crippen molar-refractivity contribution < 1.29 is 0 Å². The van der Waals surface area contributed by atoms with Crippen LogP contribution < -0.4 is 5.73 Å². The number of halogens is 1. The van der Waals surface area contributed by atoms with Gasteiger partial charge in [-0.05, 0) is 6.92 Å². The molecule has 2 aromatic heterocycles. The number of aryl methyl sites for hydroxylation is 1. The summed E-state index contributed by atoms with van der Waals surface area (Å²) in [5, 5.41) is 5.12. The molecule has 0 radical (unpaired) electrons. The van der Waals surface area contributed by atoms with Crippen molar-refractivity contribution in [1.29, 1.82) is 0 Å². The summed E-state index contributed by atoms with van der Waals surface area (Å²) in [5.74, 6) is 0. The summed E-state index contributed by atoms with van der Waals surface area (Å²) in [4.78, 5) is 5.16. The fourth-order valence-electron chi connectivity index (χ4n) is 0.933. The fraction of sp³-hybridized carbons (Fsp3) is 0.333. The number of hydrogen-bond acceptors (Lipinski definition) is 4. The second-order valence-corrected chi connectivity index (χ2v) is 3.35. The van der Waals surface area contributed by atoms with Gasteiger partial charge in [-0.15, -0.1) is 12.4 Å². The van der Waals surface area contributed by atoms with Gasteiger partial charge < -0.3 is 5.73 Å². The van der Waals surface area contributed by atoms with Gasteiger partial charge in [-0.3, -0.25) is 0 Å². The minimum atomic E-state index is 0. The molecular weight excluding hydrogens is 196 g/mol. The van der Waals surface area contributed by atoms with Gasteiger partial charge in [0.15, 0.2) is 0 Å². The van der Waals surface area contributed by atoms with Crippen molar-refractivity contribution in [2.75, 3.05) is 0 Å². The van der Waals surface area contributed by atoms with Crippen LogP contribution in [0.15, 0.2) is 6.20 Å². The molecule has 0 spiro atoms. The van der Waals surface area contributed by atoms with Gasteiger partial charge in [0, 0.05) is 6.54 Å². The first kappa shape index (κ1) is 9.44. The molecule has 2 N–H and O–H groups in total. The zero-order valence-electron chi connectivity index (χ0n) is 6.52. The molecule has 66 valence electrons. The summed E-state index contributed by atoms with van der Waals surface area (Å²) in [6.45, 7) is 2.44. The van der Waals surface area contributed by atoms with Crippen LogP contribution in [0.2, 0.25) is 0 Å². The van der Waals surface area contributed by atoms with Gasteiger partial charge in [-0.25, -0.2) is 9.50 Å². The van der Waals surface area contributed by atoms with Gasteiger partial charge in [0.25, 0.3) is 0 Å². The van der Waals surface area contributed by atoms with E-state index in [0.717, 1.165) is 15.7 Å². The maximum Gasteiger partial charge on any atom is 0.212 e. The summed E-state index contributed by atoms with van der Waals surface area (Å²) in [5.41, 5.74) is 6.41. The lowest BCUT2D eigenvalue weighted by Crippen LogP contribution is -1.95. The first-order valence-electron chi connectivity index (χ1n) is 3.31. The summed E-state index contributed by atoms with van der Waals surface area (Å²) in [6, 6.07) is 0. The van der Waals surface area contributed by atoms with Gasteiger partial charge in [0.1, 0.15) is 5.01 Å². The van der Waals surface area contributed by atoms with Crippen LogP contribution in [0.4, 0.5) is 0 Å². The Hall–Kier alpha value is -0.650. The fourth-order valence-corrected chi connectivity index (χ4v) is 1.73. The largest absolute Gasteiger partial charge is 0.324 e. The molecule has 0 aliphatic carbocycles. The van der Waals surface area contributed by atoms with Crippen LogP contribution in [0.3, 0.4) is 0 Å². The van der Waals surface area contributed by atoms with E-state index >= 15 is 0 Å². The van der Waals surface area contributed by atoms with Gasteiger partial charge in [0.2, 0.25) is 4.96 Å². The number of aromatic nitrogens is 3. The number of fused-ring (bicyclic) bond motifs is 1. The zero-order valence-corrected chi connectivity index (χ0v) is 8.15. The van der Waals surface area contributed by atoms with Gasteiger partial charge in [-0.1, -0.05) is 11.3 Å². The topological polar surface area (TPSA) is 56.2 Å². The highest BCUT2D eigenvalue weighted by Crippen LogP contribution is 2.12. The first-order chi connectivity index (χ1) is 5.29. The van der Waals surface area contributed by atoms with Crippen molar-refractivity contribution in [2.24, 2.45) is 5.73 Å². The van der Waals surface area contributed by atoms with E-state index in [4.69, 9.17) is 5.73 Å². The Balaban J connectivity index is 0.000000720. The zero-order chi connectivity index (χ0) is 7.84. The molecule has 6 heteroatoms. The number of hydrogen-bond donors (Lipinski definition) is 1. The second-order valence-electron chi connectivity index (χ2n) is 2.31. The van der Waals surface area contributed by atoms with E-state index in [1.54, 1.807) is 4.52 Å². The van der Waals surface area contributed by atoms with E-state index in [1.807, 2.05) is 13.1 Å². The molecule has 2 heterocycles. The van der Waals surface area contributed by atoms with E-state index in [2.05, 4.69) is 10.1 Å². The van der Waals surface area contributed by atoms with Crippen molar-refractivity contribution in [2.45, 2.75) is 13.5 Å². The van der Waals surface area contributed by atoms with E-state index in [0.29, 0.717) is 6.54 Å². The van der Waals surface area contributed by atoms with Crippen molar-refractivity contribution in [3.63, 3.8) is 0 Å². The molecule has 0 amide bonds. The highest BCUT2D eigenvalue weighted by Gasteiger charge is 2.03. The van der Waals surface area contributed by atoms with Crippen LogP contribution in [0.1, 0.15) is 10.7 Å². The molecule has 4 nitrogen and oxygen atoms in total. The maximum atomic E-state index is 5.42. The van der Waals surface area contributed by atoms with E-state index in [9.17, 15) is 0 Å². The highest BCUT2D eigenvalue weighted by molar-refractivity contribution is 7.16. The third kappa shape index (κ3) is 1.43. The monoisotopic (exact) mass is 204 g/mol. The van der Waals surface area contributed by atoms with E-state index in [1.165, 1.54) is 11.3 Å². The molecule has 0 aliphatic rings. The number of imidazole rings is 1. The SMILES string of the molecule is Cc1cn2nc(CN)sc2n1.Cl. The highest BCUT2D eigenvalue weighted by atomic mass is 35.5. The van der Waals surface area contributed by atoms with Crippen LogP contribution in [0.25, 0.3) is 4.96 Å². The van der Waals surface area contributed by atoms with Crippen LogP contribution >= 0.6 is 23.7 Å². The van der Waals surface area contributed by atoms with Crippen LogP contribution in [0.5, 0.6) is 0 Å². The Bertz CT molecular complexity index is 348. The number of nitrogens with zero attached hydrogens (tertiary/aromatic N) is 3. The number of rotatable bonds is 1. The molecule has 0 bridgehead atoms. The molecule has 2 rings (SSSR count). The molecule has 12 heavy (non-hydrogen) atoms. The van der Waals surface area contributed by atoms with Crippen molar-refractivity contribution in [1.82, 2.24) is 14.6 Å². The Morgan fingerprint density at radius 3 is 3.00 bits per heavy atom. The first-order valence-corrected chi connectivity index (χ1v) is 4.13. The van der Waals surface area contributed by atoms with Crippen molar-refractivity contribution in [3.05, 3.63) is 16.9 Å². The molecule has 0 fully saturated rings. The lowest BCUT2D eigenvalue weighted by atomic mass is 10.6. The van der Waals surface area contributed by atoms with Gasteiger partial charge in [0.05, 0.1) is 11.9 Å². The van der Waals surface area contributed by atoms with Crippen LogP contribution in [-0.4, -0.2) is 14.6 Å². The Morgan fingerprint density at radius 1 is 1.67 bits per heavy atom. The normalized spacial score (nSPS) is 10.2. The van der Waals surface area contributed by atoms with E-state index in [-0.39, 0.29) is 12.4 Å². The summed E-state index contributed by atoms with van der Waals surface area (Å²) < 4.78 is 1.77. The lowest BCUT2D eigenvalue weighted by Gasteiger charge is -1.80. The predicted octanol–water partition coefficient (Wildman–Crippen LogP) is 0.980. The molecule has 0 aliphatic heterocycles. The minimum Gasteiger partial charge on any atom is -0.324 e. The average Bonchev–Trinajstić information content (AvgIpc) is 2.43. The van der Waals surface area contributed by atoms with Crippen molar-refractivity contribution >= 4 is 28.7 Å². The Kier molecular flexibility index (Phi) is 2.66. The lowest BCUT2D eigenvalue weighted by molar-refractivity contribution is 0.895. The van der Waals surface area contributed by atoms with Gasteiger partial charge >= 0.3 is 0 Å². The smallest absolute Gasteiger partial charge is 0.212 e. The standard InChI is InChI=1S/C6H8N4S.ClH/c1-4-3-10-6(8-4)11-5(2-7)9-10;/h3H,2,7H2,1H3;1H. The predicted molar refractivity (Wildman–Crippen MR) is 50.7 cm³/mol. The summed E-state index contributed by atoms with van der Waals surface area (Å²) in [7, 11) is 0. The molecular formula is C6H9ClN4S. The third-order valence-corrected chi connectivity index (χ3v) is 2.32. The quantitative estimate of drug-likeness (QED) is 0.754. The molecule has 0 saturated heterocycles. The molecule has 2 aromatic rings. The minimum absolute atomic E-state index is 0. The molecule has 0 atom stereocenters.